The van der Waals surface area contributed by atoms with E-state index in [0.29, 0.717) is 15.2 Å². The third kappa shape index (κ3) is 6.30. The van der Waals surface area contributed by atoms with E-state index in [1.807, 2.05) is 12.1 Å². The fourth-order valence-electron chi connectivity index (χ4n) is 4.30. The molecule has 3 rings (SSSR count). The van der Waals surface area contributed by atoms with E-state index in [9.17, 15) is 0 Å². The summed E-state index contributed by atoms with van der Waals surface area (Å²) in [4.78, 5) is 2.22. The average molecular weight is 464 g/mol. The molecule has 0 bridgehead atoms. The third-order valence-corrected chi connectivity index (χ3v) is 8.30. The molecule has 3 aromatic rings. The van der Waals surface area contributed by atoms with E-state index in [0.717, 1.165) is 24.3 Å². The smallest absolute Gasteiger partial charge is 0.124 e. The maximum absolute atomic E-state index is 6.46. The van der Waals surface area contributed by atoms with Gasteiger partial charge < -0.3 is 14.4 Å². The molecule has 0 amide bonds. The number of anilines is 1. The highest BCUT2D eigenvalue weighted by Crippen LogP contribution is 2.52. The number of rotatable bonds is 12. The van der Waals surface area contributed by atoms with E-state index in [4.69, 9.17) is 9.47 Å². The molecule has 0 saturated carbocycles. The Kier molecular flexibility index (Phi) is 9.21. The quantitative estimate of drug-likeness (QED) is 0.267. The van der Waals surface area contributed by atoms with Crippen LogP contribution in [-0.2, 0) is 11.8 Å². The average Bonchev–Trinajstić information content (AvgIpc) is 2.86. The monoisotopic (exact) mass is 463 g/mol. The molecular weight excluding hydrogens is 425 g/mol. The molecule has 0 aliphatic heterocycles. The molecular formula is C29H38NO2P. The second kappa shape index (κ2) is 12.1. The fraction of sp³-hybridized carbons (Fsp3) is 0.379. The van der Waals surface area contributed by atoms with E-state index >= 15 is 0 Å². The van der Waals surface area contributed by atoms with E-state index in [1.54, 1.807) is 7.11 Å². The van der Waals surface area contributed by atoms with Crippen molar-refractivity contribution < 1.29 is 9.47 Å². The first-order valence-corrected chi connectivity index (χ1v) is 12.9. The molecule has 0 aromatic heterocycles. The molecule has 4 heteroatoms. The van der Waals surface area contributed by atoms with Gasteiger partial charge in [0.25, 0.3) is 0 Å². The van der Waals surface area contributed by atoms with Crippen LogP contribution in [0.5, 0.6) is 11.5 Å². The Morgan fingerprint density at radius 1 is 0.909 bits per heavy atom. The number of hydrogen-bond acceptors (Lipinski definition) is 3. The van der Waals surface area contributed by atoms with Crippen LogP contribution in [0.3, 0.4) is 0 Å². The van der Waals surface area contributed by atoms with Gasteiger partial charge in [-0.25, -0.2) is 0 Å². The van der Waals surface area contributed by atoms with Crippen molar-refractivity contribution in [2.75, 3.05) is 26.1 Å². The minimum Gasteiger partial charge on any atom is -0.497 e. The lowest BCUT2D eigenvalue weighted by atomic mass is 9.89. The zero-order valence-corrected chi connectivity index (χ0v) is 21.7. The van der Waals surface area contributed by atoms with Crippen molar-refractivity contribution in [3.05, 3.63) is 83.9 Å². The van der Waals surface area contributed by atoms with E-state index in [1.165, 1.54) is 35.0 Å². The standard InChI is InChI=1S/C29H38NO2P/c1-6-8-20-29(7-2,33-28-17-13-12-16-26(28)30(3)4)25-21-24(31-5)18-19-27(25)32-22-23-14-10-9-11-15-23/h9-19,21,33H,6-8,20,22H2,1-5H3. The third-order valence-electron chi connectivity index (χ3n) is 6.26. The molecule has 0 N–H and O–H groups in total. The summed E-state index contributed by atoms with van der Waals surface area (Å²) in [5, 5.41) is 1.39. The second-order valence-corrected chi connectivity index (χ2v) is 10.5. The minimum atomic E-state index is -0.0112. The Morgan fingerprint density at radius 2 is 1.64 bits per heavy atom. The van der Waals surface area contributed by atoms with Crippen LogP contribution in [-0.4, -0.2) is 21.2 Å². The largest absolute Gasteiger partial charge is 0.497 e. The first-order valence-electron chi connectivity index (χ1n) is 11.9. The summed E-state index contributed by atoms with van der Waals surface area (Å²) >= 11 is 0. The minimum absolute atomic E-state index is 0.0112. The van der Waals surface area contributed by atoms with Gasteiger partial charge in [0.2, 0.25) is 0 Å². The molecule has 3 aromatic carbocycles. The van der Waals surface area contributed by atoms with Gasteiger partial charge >= 0.3 is 0 Å². The van der Waals surface area contributed by atoms with Gasteiger partial charge in [-0.15, -0.1) is 0 Å². The SMILES string of the molecule is CCCCC(CC)(Pc1ccccc1N(C)C)c1cc(OC)ccc1OCc1ccccc1. The Hall–Kier alpha value is -2.51. The highest BCUT2D eigenvalue weighted by Gasteiger charge is 2.34. The maximum Gasteiger partial charge on any atom is 0.124 e. The first kappa shape index (κ1) is 25.1. The molecule has 3 nitrogen and oxygen atoms in total. The molecule has 0 aliphatic rings. The van der Waals surface area contributed by atoms with Crippen molar-refractivity contribution in [1.29, 1.82) is 0 Å². The lowest BCUT2D eigenvalue weighted by Gasteiger charge is -2.36. The zero-order chi connectivity index (χ0) is 23.7. The van der Waals surface area contributed by atoms with Gasteiger partial charge in [0.1, 0.15) is 18.1 Å². The number of para-hydroxylation sites is 1. The molecule has 0 aliphatic carbocycles. The molecule has 2 atom stereocenters. The Morgan fingerprint density at radius 3 is 2.30 bits per heavy atom. The van der Waals surface area contributed by atoms with Crippen LogP contribution in [0.4, 0.5) is 5.69 Å². The van der Waals surface area contributed by atoms with Crippen LogP contribution >= 0.6 is 8.58 Å². The predicted molar refractivity (Wildman–Crippen MR) is 144 cm³/mol. The number of nitrogens with zero attached hydrogens (tertiary/aromatic N) is 1. The molecule has 33 heavy (non-hydrogen) atoms. The van der Waals surface area contributed by atoms with Crippen LogP contribution in [0.2, 0.25) is 0 Å². The topological polar surface area (TPSA) is 21.7 Å². The lowest BCUT2D eigenvalue weighted by Crippen LogP contribution is -2.26. The number of unbranched alkanes of at least 4 members (excludes halogenated alkanes) is 1. The van der Waals surface area contributed by atoms with Crippen molar-refractivity contribution in [3.8, 4) is 11.5 Å². The van der Waals surface area contributed by atoms with Crippen molar-refractivity contribution in [3.63, 3.8) is 0 Å². The molecule has 0 heterocycles. The van der Waals surface area contributed by atoms with E-state index < -0.39 is 0 Å². The Bertz CT molecular complexity index is 1010. The molecule has 0 saturated heterocycles. The summed E-state index contributed by atoms with van der Waals surface area (Å²) in [7, 11) is 6.63. The summed E-state index contributed by atoms with van der Waals surface area (Å²) in [5.41, 5.74) is 3.73. The molecule has 2 unspecified atom stereocenters. The normalized spacial score (nSPS) is 13.1. The fourth-order valence-corrected chi connectivity index (χ4v) is 6.24. The van der Waals surface area contributed by atoms with Gasteiger partial charge in [0.05, 0.1) is 7.11 Å². The van der Waals surface area contributed by atoms with Gasteiger partial charge in [0.15, 0.2) is 0 Å². The second-order valence-electron chi connectivity index (χ2n) is 8.71. The first-order chi connectivity index (χ1) is 16.0. The van der Waals surface area contributed by atoms with Crippen molar-refractivity contribution in [1.82, 2.24) is 0 Å². The Labute approximate surface area is 201 Å². The van der Waals surface area contributed by atoms with Gasteiger partial charge in [-0.3, -0.25) is 0 Å². The lowest BCUT2D eigenvalue weighted by molar-refractivity contribution is 0.296. The summed E-state index contributed by atoms with van der Waals surface area (Å²) in [6.07, 6.45) is 4.52. The summed E-state index contributed by atoms with van der Waals surface area (Å²) in [6, 6.07) is 25.5. The van der Waals surface area contributed by atoms with Crippen LogP contribution in [0.15, 0.2) is 72.8 Å². The van der Waals surface area contributed by atoms with Gasteiger partial charge in [-0.2, -0.15) is 0 Å². The molecule has 0 radical (unpaired) electrons. The zero-order valence-electron chi connectivity index (χ0n) is 20.7. The summed E-state index contributed by atoms with van der Waals surface area (Å²) < 4.78 is 12.1. The summed E-state index contributed by atoms with van der Waals surface area (Å²) in [5.74, 6) is 1.85. The number of ether oxygens (including phenoxy) is 2. The highest BCUT2D eigenvalue weighted by atomic mass is 31.1. The van der Waals surface area contributed by atoms with E-state index in [2.05, 4.69) is 93.5 Å². The predicted octanol–water partition coefficient (Wildman–Crippen LogP) is 7.14. The molecule has 0 fully saturated rings. The molecule has 176 valence electrons. The van der Waals surface area contributed by atoms with Crippen molar-refractivity contribution >= 4 is 19.6 Å². The van der Waals surface area contributed by atoms with Crippen LogP contribution in [0.25, 0.3) is 0 Å². The van der Waals surface area contributed by atoms with E-state index in [-0.39, 0.29) is 5.16 Å². The van der Waals surface area contributed by atoms with Crippen molar-refractivity contribution in [2.24, 2.45) is 0 Å². The maximum atomic E-state index is 6.46. The highest BCUT2D eigenvalue weighted by molar-refractivity contribution is 7.49. The van der Waals surface area contributed by atoms with Gasteiger partial charge in [-0.1, -0.05) is 83.8 Å². The summed E-state index contributed by atoms with van der Waals surface area (Å²) in [6.45, 7) is 5.15. The van der Waals surface area contributed by atoms with Gasteiger partial charge in [-0.05, 0) is 48.0 Å². The molecule has 0 spiro atoms. The number of methoxy groups -OCH3 is 1. The number of hydrogen-bond donors (Lipinski definition) is 0. The van der Waals surface area contributed by atoms with Crippen LogP contribution < -0.4 is 19.7 Å². The van der Waals surface area contributed by atoms with Crippen molar-refractivity contribution in [2.45, 2.75) is 51.3 Å². The number of benzene rings is 3. The Balaban J connectivity index is 2.07. The van der Waals surface area contributed by atoms with Crippen LogP contribution in [0, 0.1) is 0 Å². The van der Waals surface area contributed by atoms with Gasteiger partial charge in [0, 0.05) is 30.5 Å². The van der Waals surface area contributed by atoms with Crippen LogP contribution in [0.1, 0.15) is 50.7 Å².